The number of amides is 1. The Hall–Kier alpha value is -2.41. The Kier molecular flexibility index (Phi) is 6.06. The number of piperidine rings is 1. The van der Waals surface area contributed by atoms with E-state index in [1.807, 2.05) is 54.3 Å². The summed E-state index contributed by atoms with van der Waals surface area (Å²) in [4.78, 5) is 15.9. The van der Waals surface area contributed by atoms with Crippen molar-refractivity contribution in [3.63, 3.8) is 0 Å². The molecule has 0 spiro atoms. The maximum absolute atomic E-state index is 12.0. The topological polar surface area (TPSA) is 73.2 Å². The van der Waals surface area contributed by atoms with Crippen LogP contribution in [0.2, 0.25) is 0 Å². The molecule has 6 heteroatoms. The first-order chi connectivity index (χ1) is 14.8. The van der Waals surface area contributed by atoms with Gasteiger partial charge in [0.1, 0.15) is 11.4 Å². The molecule has 0 bridgehead atoms. The molecule has 2 heterocycles. The molecule has 2 aliphatic heterocycles. The highest BCUT2D eigenvalue weighted by molar-refractivity contribution is 5.94. The zero-order valence-corrected chi connectivity index (χ0v) is 18.5. The molecule has 3 atom stereocenters. The number of carbonyl (C=O) groups is 1. The van der Waals surface area contributed by atoms with Crippen molar-refractivity contribution in [2.24, 2.45) is 0 Å². The molecule has 6 nitrogen and oxygen atoms in total. The lowest BCUT2D eigenvalue weighted by molar-refractivity contribution is -0.116. The first-order valence-electron chi connectivity index (χ1n) is 11.0. The molecule has 2 aromatic rings. The van der Waals surface area contributed by atoms with Crippen LogP contribution in [0.1, 0.15) is 49.5 Å². The van der Waals surface area contributed by atoms with E-state index in [2.05, 4.69) is 4.90 Å². The number of rotatable bonds is 5. The lowest BCUT2D eigenvalue weighted by Crippen LogP contribution is -2.47. The minimum Gasteiger partial charge on any atom is -0.496 e. The van der Waals surface area contributed by atoms with Gasteiger partial charge in [0.25, 0.3) is 0 Å². The summed E-state index contributed by atoms with van der Waals surface area (Å²) in [5.74, 6) is 0.735. The van der Waals surface area contributed by atoms with Crippen LogP contribution in [-0.4, -0.2) is 53.8 Å². The van der Waals surface area contributed by atoms with Gasteiger partial charge in [0.05, 0.1) is 13.2 Å². The third kappa shape index (κ3) is 4.20. The van der Waals surface area contributed by atoms with Crippen LogP contribution < -0.4 is 9.64 Å². The number of ether oxygens (including phenoxy) is 1. The normalized spacial score (nSPS) is 24.7. The lowest BCUT2D eigenvalue weighted by Gasteiger charge is -2.40. The Labute approximate surface area is 184 Å². The van der Waals surface area contributed by atoms with E-state index >= 15 is 0 Å². The van der Waals surface area contributed by atoms with Crippen molar-refractivity contribution in [3.8, 4) is 5.75 Å². The second-order valence-corrected chi connectivity index (χ2v) is 8.92. The van der Waals surface area contributed by atoms with Crippen molar-refractivity contribution < 1.29 is 19.7 Å². The summed E-state index contributed by atoms with van der Waals surface area (Å²) in [7, 11) is 1.62. The largest absolute Gasteiger partial charge is 0.496 e. The lowest BCUT2D eigenvalue weighted by atomic mass is 9.85. The summed E-state index contributed by atoms with van der Waals surface area (Å²) in [6.07, 6.45) is 1.65. The molecule has 1 fully saturated rings. The third-order valence-electron chi connectivity index (χ3n) is 6.63. The number of benzene rings is 2. The number of β-amino-alcohol motifs (C(OH)–C–C–N with tert-alkyl or cyclic N) is 2. The fraction of sp³-hybridized carbons (Fsp3) is 0.480. The minimum absolute atomic E-state index is 0.0449. The molecule has 4 rings (SSSR count). The van der Waals surface area contributed by atoms with E-state index in [1.165, 1.54) is 0 Å². The fourth-order valence-corrected chi connectivity index (χ4v) is 5.22. The number of para-hydroxylation sites is 1. The second kappa shape index (κ2) is 8.61. The van der Waals surface area contributed by atoms with Crippen LogP contribution in [0.5, 0.6) is 5.75 Å². The summed E-state index contributed by atoms with van der Waals surface area (Å²) >= 11 is 0. The summed E-state index contributed by atoms with van der Waals surface area (Å²) in [6.45, 7) is 5.36. The van der Waals surface area contributed by atoms with Crippen LogP contribution in [0.4, 0.5) is 5.69 Å². The van der Waals surface area contributed by atoms with Gasteiger partial charge in [-0.05, 0) is 56.0 Å². The predicted molar refractivity (Wildman–Crippen MR) is 120 cm³/mol. The van der Waals surface area contributed by atoms with Gasteiger partial charge in [-0.25, -0.2) is 0 Å². The molecule has 0 radical (unpaired) electrons. The Morgan fingerprint density at radius 1 is 1.29 bits per heavy atom. The van der Waals surface area contributed by atoms with E-state index in [0.717, 1.165) is 41.8 Å². The highest BCUT2D eigenvalue weighted by atomic mass is 16.5. The molecule has 2 aliphatic rings. The average molecular weight is 425 g/mol. The number of carbonyl (C=O) groups excluding carboxylic acids is 1. The molecule has 2 aromatic carbocycles. The molecule has 1 saturated heterocycles. The highest BCUT2D eigenvalue weighted by Crippen LogP contribution is 2.38. The van der Waals surface area contributed by atoms with Crippen molar-refractivity contribution in [1.82, 2.24) is 4.90 Å². The van der Waals surface area contributed by atoms with Gasteiger partial charge >= 0.3 is 0 Å². The fourth-order valence-electron chi connectivity index (χ4n) is 5.22. The predicted octanol–water partition coefficient (Wildman–Crippen LogP) is 3.01. The summed E-state index contributed by atoms with van der Waals surface area (Å²) in [5, 5.41) is 22.4. The maximum Gasteiger partial charge on any atom is 0.224 e. The standard InChI is InChI=1S/C25H32N2O4/c1-17-13-20-14-19(9-10-22(20)27(17)18(2)28)23(29)15-26-12-6-11-25(30,16-26)21-7-4-5-8-24(21)31-3/h4-5,7-10,14,17,23,29-30H,6,11-13,15-16H2,1-3H3. The van der Waals surface area contributed by atoms with Crippen molar-refractivity contribution in [2.45, 2.75) is 50.9 Å². The third-order valence-corrected chi connectivity index (χ3v) is 6.63. The minimum atomic E-state index is -1.00. The van der Waals surface area contributed by atoms with Gasteiger partial charge in [0.2, 0.25) is 5.91 Å². The second-order valence-electron chi connectivity index (χ2n) is 8.92. The van der Waals surface area contributed by atoms with Crippen LogP contribution in [0.15, 0.2) is 42.5 Å². The number of fused-ring (bicyclic) bond motifs is 1. The molecule has 166 valence electrons. The van der Waals surface area contributed by atoms with Crippen LogP contribution in [-0.2, 0) is 16.8 Å². The first-order valence-corrected chi connectivity index (χ1v) is 11.0. The summed E-state index contributed by atoms with van der Waals surface area (Å²) in [6, 6.07) is 13.6. The number of nitrogens with zero attached hydrogens (tertiary/aromatic N) is 2. The molecule has 2 N–H and O–H groups in total. The van der Waals surface area contributed by atoms with Crippen LogP contribution in [0.25, 0.3) is 0 Å². The number of methoxy groups -OCH3 is 1. The van der Waals surface area contributed by atoms with Crippen molar-refractivity contribution >= 4 is 11.6 Å². The molecular formula is C25H32N2O4. The number of likely N-dealkylation sites (tertiary alicyclic amines) is 1. The SMILES string of the molecule is COc1ccccc1C1(O)CCCN(CC(O)c2ccc3c(c2)CC(C)N3C(C)=O)C1. The Morgan fingerprint density at radius 2 is 2.06 bits per heavy atom. The molecular weight excluding hydrogens is 392 g/mol. The number of aliphatic hydroxyl groups excluding tert-OH is 1. The average Bonchev–Trinajstić information content (AvgIpc) is 3.08. The van der Waals surface area contributed by atoms with Crippen molar-refractivity contribution in [2.75, 3.05) is 31.6 Å². The number of aliphatic hydroxyl groups is 2. The van der Waals surface area contributed by atoms with Gasteiger partial charge in [-0.3, -0.25) is 9.69 Å². The number of anilines is 1. The van der Waals surface area contributed by atoms with Gasteiger partial charge in [-0.15, -0.1) is 0 Å². The van der Waals surface area contributed by atoms with E-state index < -0.39 is 11.7 Å². The first kappa shape index (κ1) is 21.8. The van der Waals surface area contributed by atoms with Gasteiger partial charge < -0.3 is 19.8 Å². The molecule has 0 saturated carbocycles. The van der Waals surface area contributed by atoms with Gasteiger partial charge in [0, 0.05) is 37.3 Å². The molecule has 3 unspecified atom stereocenters. The Morgan fingerprint density at radius 3 is 2.81 bits per heavy atom. The maximum atomic E-state index is 12.0. The van der Waals surface area contributed by atoms with E-state index in [1.54, 1.807) is 14.0 Å². The Bertz CT molecular complexity index is 962. The molecule has 0 aromatic heterocycles. The zero-order valence-electron chi connectivity index (χ0n) is 18.5. The van der Waals surface area contributed by atoms with Crippen LogP contribution in [0.3, 0.4) is 0 Å². The van der Waals surface area contributed by atoms with Crippen LogP contribution in [0, 0.1) is 0 Å². The molecule has 1 amide bonds. The number of hydrogen-bond donors (Lipinski definition) is 2. The van der Waals surface area contributed by atoms with E-state index in [0.29, 0.717) is 25.3 Å². The number of hydrogen-bond acceptors (Lipinski definition) is 5. The van der Waals surface area contributed by atoms with E-state index in [4.69, 9.17) is 4.74 Å². The summed E-state index contributed by atoms with van der Waals surface area (Å²) in [5.41, 5.74) is 2.69. The summed E-state index contributed by atoms with van der Waals surface area (Å²) < 4.78 is 5.47. The quantitative estimate of drug-likeness (QED) is 0.772. The van der Waals surface area contributed by atoms with E-state index in [9.17, 15) is 15.0 Å². The van der Waals surface area contributed by atoms with Gasteiger partial charge in [0.15, 0.2) is 0 Å². The smallest absolute Gasteiger partial charge is 0.224 e. The molecule has 0 aliphatic carbocycles. The Balaban J connectivity index is 1.49. The van der Waals surface area contributed by atoms with Crippen molar-refractivity contribution in [1.29, 1.82) is 0 Å². The monoisotopic (exact) mass is 424 g/mol. The zero-order chi connectivity index (χ0) is 22.2. The van der Waals surface area contributed by atoms with Crippen LogP contribution >= 0.6 is 0 Å². The molecule has 31 heavy (non-hydrogen) atoms. The van der Waals surface area contributed by atoms with Gasteiger partial charge in [-0.1, -0.05) is 30.3 Å². The van der Waals surface area contributed by atoms with E-state index in [-0.39, 0.29) is 11.9 Å². The van der Waals surface area contributed by atoms with Gasteiger partial charge in [-0.2, -0.15) is 0 Å². The van der Waals surface area contributed by atoms with Crippen molar-refractivity contribution in [3.05, 3.63) is 59.2 Å². The highest BCUT2D eigenvalue weighted by Gasteiger charge is 2.37.